The van der Waals surface area contributed by atoms with Crippen molar-refractivity contribution in [1.82, 2.24) is 4.57 Å². The molecule has 0 aliphatic rings. The Balaban J connectivity index is 3.30. The second-order valence-corrected chi connectivity index (χ2v) is 5.08. The van der Waals surface area contributed by atoms with E-state index >= 15 is 0 Å². The van der Waals surface area contributed by atoms with Gasteiger partial charge in [-0.05, 0) is 27.7 Å². The number of aromatic nitrogens is 1. The molecule has 0 aliphatic carbocycles. The highest BCUT2D eigenvalue weighted by molar-refractivity contribution is 7.09. The van der Waals surface area contributed by atoms with Crippen LogP contribution in [0.25, 0.3) is 0 Å². The van der Waals surface area contributed by atoms with Crippen LogP contribution in [0.4, 0.5) is 0 Å². The van der Waals surface area contributed by atoms with Gasteiger partial charge in [0.25, 0.3) is 0 Å². The molecule has 3 nitrogen and oxygen atoms in total. The van der Waals surface area contributed by atoms with Gasteiger partial charge in [0.1, 0.15) is 0 Å². The summed E-state index contributed by atoms with van der Waals surface area (Å²) in [6, 6.07) is 0. The summed E-state index contributed by atoms with van der Waals surface area (Å²) in [5.41, 5.74) is -0.0221. The molecule has 1 N–H and O–H groups in total. The first-order valence-electron chi connectivity index (χ1n) is 4.98. The molecule has 0 fully saturated rings. The topological polar surface area (TPSA) is 37.5 Å². The number of allylic oxidation sites excluding steroid dienone is 1. The molecule has 0 saturated carbocycles. The van der Waals surface area contributed by atoms with E-state index in [-0.39, 0.29) is 0 Å². The highest BCUT2D eigenvalue weighted by atomic mass is 32.1. The van der Waals surface area contributed by atoms with Gasteiger partial charge in [0.05, 0.1) is 10.5 Å². The Morgan fingerprint density at radius 2 is 2.27 bits per heavy atom. The lowest BCUT2D eigenvalue weighted by Gasteiger charge is -2.13. The van der Waals surface area contributed by atoms with Gasteiger partial charge >= 0.3 is 0 Å². The Morgan fingerprint density at radius 3 is 2.67 bits per heavy atom. The molecule has 0 atom stereocenters. The fourth-order valence-corrected chi connectivity index (χ4v) is 2.27. The summed E-state index contributed by atoms with van der Waals surface area (Å²) in [7, 11) is 0. The molecule has 15 heavy (non-hydrogen) atoms. The molecule has 1 rings (SSSR count). The van der Waals surface area contributed by atoms with E-state index < -0.39 is 5.60 Å². The lowest BCUT2D eigenvalue weighted by atomic mass is 10.1. The second-order valence-electron chi connectivity index (χ2n) is 4.07. The van der Waals surface area contributed by atoms with Crippen LogP contribution in [-0.2, 0) is 12.1 Å². The number of nitrogens with zero attached hydrogens (tertiary/aromatic N) is 2. The van der Waals surface area contributed by atoms with Gasteiger partial charge in [-0.25, -0.2) is 4.99 Å². The van der Waals surface area contributed by atoms with E-state index in [1.54, 1.807) is 13.8 Å². The smallest absolute Gasteiger partial charge is 0.189 e. The Labute approximate surface area is 94.4 Å². The molecular weight excluding hydrogens is 208 g/mol. The maximum absolute atomic E-state index is 9.89. The predicted molar refractivity (Wildman–Crippen MR) is 63.6 cm³/mol. The van der Waals surface area contributed by atoms with Gasteiger partial charge in [0.2, 0.25) is 0 Å². The number of aryl methyl sites for hydroxylation is 1. The van der Waals surface area contributed by atoms with Crippen molar-refractivity contribution in [2.45, 2.75) is 39.8 Å². The molecule has 1 heterocycles. The van der Waals surface area contributed by atoms with Gasteiger partial charge in [-0.15, -0.1) is 0 Å². The fourth-order valence-electron chi connectivity index (χ4n) is 1.14. The van der Waals surface area contributed by atoms with E-state index in [1.165, 1.54) is 11.3 Å². The van der Waals surface area contributed by atoms with E-state index in [0.717, 1.165) is 21.9 Å². The second kappa shape index (κ2) is 4.33. The minimum absolute atomic E-state index is 0.779. The predicted octanol–water partition coefficient (Wildman–Crippen LogP) is 2.23. The summed E-state index contributed by atoms with van der Waals surface area (Å²) < 4.78 is 2.02. The molecule has 0 saturated heterocycles. The van der Waals surface area contributed by atoms with Gasteiger partial charge in [-0.2, -0.15) is 0 Å². The van der Waals surface area contributed by atoms with E-state index in [1.807, 2.05) is 17.7 Å². The number of aliphatic hydroxyl groups is 1. The van der Waals surface area contributed by atoms with E-state index in [9.17, 15) is 5.11 Å². The summed E-state index contributed by atoms with van der Waals surface area (Å²) in [4.78, 5) is 6.15. The van der Waals surface area contributed by atoms with Crippen molar-refractivity contribution in [1.29, 1.82) is 0 Å². The van der Waals surface area contributed by atoms with Crippen molar-refractivity contribution >= 4 is 11.3 Å². The van der Waals surface area contributed by atoms with Crippen LogP contribution in [0.2, 0.25) is 0 Å². The van der Waals surface area contributed by atoms with Crippen molar-refractivity contribution in [3.05, 3.63) is 28.2 Å². The number of rotatable bonds is 3. The molecule has 1 aromatic rings. The SMILES string of the molecule is C=C(C)/N=c1/sc(C(C)(C)O)cn1CC. The van der Waals surface area contributed by atoms with E-state index in [2.05, 4.69) is 18.5 Å². The molecule has 0 radical (unpaired) electrons. The highest BCUT2D eigenvalue weighted by Gasteiger charge is 2.19. The first kappa shape index (κ1) is 12.2. The third kappa shape index (κ3) is 3.04. The van der Waals surface area contributed by atoms with Crippen LogP contribution in [0.5, 0.6) is 0 Å². The summed E-state index contributed by atoms with van der Waals surface area (Å²) >= 11 is 1.50. The van der Waals surface area contributed by atoms with Gasteiger partial charge in [0.15, 0.2) is 4.80 Å². The Morgan fingerprint density at radius 1 is 1.67 bits per heavy atom. The molecule has 0 unspecified atom stereocenters. The third-order valence-electron chi connectivity index (χ3n) is 1.95. The van der Waals surface area contributed by atoms with Crippen LogP contribution >= 0.6 is 11.3 Å². The molecule has 0 aliphatic heterocycles. The number of hydrogen-bond donors (Lipinski definition) is 1. The molecule has 1 aromatic heterocycles. The van der Waals surface area contributed by atoms with Crippen LogP contribution in [0, 0.1) is 0 Å². The van der Waals surface area contributed by atoms with Gasteiger partial charge in [0, 0.05) is 18.4 Å². The minimum Gasteiger partial charge on any atom is -0.385 e. The maximum Gasteiger partial charge on any atom is 0.189 e. The molecule has 0 spiro atoms. The van der Waals surface area contributed by atoms with Gasteiger partial charge in [-0.1, -0.05) is 17.9 Å². The van der Waals surface area contributed by atoms with Crippen molar-refractivity contribution < 1.29 is 5.11 Å². The standard InChI is InChI=1S/C11H18N2OS/c1-6-13-7-9(11(4,5)14)15-10(13)12-8(2)3/h7,14H,2,6H2,1,3-5H3/b12-10+. The summed E-state index contributed by atoms with van der Waals surface area (Å²) in [6.07, 6.45) is 1.95. The summed E-state index contributed by atoms with van der Waals surface area (Å²) in [6.45, 7) is 12.1. The van der Waals surface area contributed by atoms with Gasteiger partial charge < -0.3 is 9.67 Å². The Bertz CT molecular complexity index is 421. The quantitative estimate of drug-likeness (QED) is 0.843. The summed E-state index contributed by atoms with van der Waals surface area (Å²) in [5.74, 6) is 0. The molecule has 0 aromatic carbocycles. The maximum atomic E-state index is 9.89. The first-order valence-corrected chi connectivity index (χ1v) is 5.79. The third-order valence-corrected chi connectivity index (χ3v) is 3.28. The van der Waals surface area contributed by atoms with Crippen molar-refractivity contribution in [3.8, 4) is 0 Å². The van der Waals surface area contributed by atoms with Crippen LogP contribution in [0.3, 0.4) is 0 Å². The fraction of sp³-hybridized carbons (Fsp3) is 0.545. The molecule has 0 amide bonds. The zero-order chi connectivity index (χ0) is 11.6. The van der Waals surface area contributed by atoms with Crippen LogP contribution in [0.1, 0.15) is 32.6 Å². The lowest BCUT2D eigenvalue weighted by Crippen LogP contribution is -2.13. The zero-order valence-corrected chi connectivity index (χ0v) is 10.6. The van der Waals surface area contributed by atoms with Crippen LogP contribution < -0.4 is 4.80 Å². The average Bonchev–Trinajstić information content (AvgIpc) is 2.45. The van der Waals surface area contributed by atoms with Crippen LogP contribution in [-0.4, -0.2) is 9.67 Å². The van der Waals surface area contributed by atoms with Crippen molar-refractivity contribution in [2.24, 2.45) is 4.99 Å². The minimum atomic E-state index is -0.801. The van der Waals surface area contributed by atoms with Crippen molar-refractivity contribution in [2.75, 3.05) is 0 Å². The van der Waals surface area contributed by atoms with E-state index in [0.29, 0.717) is 0 Å². The number of hydrogen-bond acceptors (Lipinski definition) is 3. The Kier molecular flexibility index (Phi) is 3.52. The zero-order valence-electron chi connectivity index (χ0n) is 9.74. The molecule has 0 bridgehead atoms. The highest BCUT2D eigenvalue weighted by Crippen LogP contribution is 2.21. The first-order chi connectivity index (χ1) is 6.84. The van der Waals surface area contributed by atoms with Crippen molar-refractivity contribution in [3.63, 3.8) is 0 Å². The average molecular weight is 226 g/mol. The van der Waals surface area contributed by atoms with E-state index in [4.69, 9.17) is 0 Å². The Hall–Kier alpha value is -0.870. The lowest BCUT2D eigenvalue weighted by molar-refractivity contribution is 0.0821. The largest absolute Gasteiger partial charge is 0.385 e. The van der Waals surface area contributed by atoms with Gasteiger partial charge in [-0.3, -0.25) is 0 Å². The number of thiazole rings is 1. The summed E-state index contributed by atoms with van der Waals surface area (Å²) in [5, 5.41) is 9.89. The monoisotopic (exact) mass is 226 g/mol. The molecule has 4 heteroatoms. The molecule has 84 valence electrons. The normalized spacial score (nSPS) is 13.3. The van der Waals surface area contributed by atoms with Crippen LogP contribution in [0.15, 0.2) is 23.5 Å². The molecular formula is C11H18N2OS.